The molecular formula is C27H36N2O3Si. The number of carbonyl (C=O) groups is 2. The molecule has 176 valence electrons. The van der Waals surface area contributed by atoms with Crippen molar-refractivity contribution >= 4 is 19.9 Å². The Morgan fingerprint density at radius 3 is 2.88 bits per heavy atom. The summed E-state index contributed by atoms with van der Waals surface area (Å²) in [4.78, 5) is 28.7. The van der Waals surface area contributed by atoms with Gasteiger partial charge < -0.3 is 14.6 Å². The summed E-state index contributed by atoms with van der Waals surface area (Å²) in [6.07, 6.45) is 8.63. The van der Waals surface area contributed by atoms with Gasteiger partial charge in [-0.2, -0.15) is 0 Å². The Hall–Kier alpha value is -2.52. The van der Waals surface area contributed by atoms with Crippen molar-refractivity contribution in [3.05, 3.63) is 48.5 Å². The van der Waals surface area contributed by atoms with Crippen LogP contribution >= 0.6 is 0 Å². The molecule has 2 fully saturated rings. The zero-order chi connectivity index (χ0) is 23.8. The zero-order valence-electron chi connectivity index (χ0n) is 20.2. The number of hydrogen-bond donors (Lipinski definition) is 1. The van der Waals surface area contributed by atoms with E-state index in [1.54, 1.807) is 0 Å². The average Bonchev–Trinajstić information content (AvgIpc) is 3.38. The first-order valence-corrected chi connectivity index (χ1v) is 15.7. The van der Waals surface area contributed by atoms with Crippen molar-refractivity contribution in [1.29, 1.82) is 0 Å². The lowest BCUT2D eigenvalue weighted by molar-refractivity contribution is -0.140. The van der Waals surface area contributed by atoms with E-state index in [0.717, 1.165) is 49.2 Å². The number of nitrogens with one attached hydrogen (secondary N) is 1. The number of unbranched alkanes of at least 4 members (excludes halogenated alkanes) is 1. The first-order chi connectivity index (χ1) is 15.7. The van der Waals surface area contributed by atoms with Crippen LogP contribution in [0.4, 0.5) is 0 Å². The van der Waals surface area contributed by atoms with Gasteiger partial charge in [-0.3, -0.25) is 9.59 Å². The van der Waals surface area contributed by atoms with Crippen molar-refractivity contribution in [2.75, 3.05) is 6.54 Å². The molecule has 4 atom stereocenters. The molecular weight excluding hydrogens is 428 g/mol. The second-order valence-electron chi connectivity index (χ2n) is 10.6. The zero-order valence-corrected chi connectivity index (χ0v) is 21.2. The molecule has 1 spiro atoms. The predicted octanol–water partition coefficient (Wildman–Crippen LogP) is 4.88. The highest BCUT2D eigenvalue weighted by Crippen LogP contribution is 2.66. The fraction of sp³-hybridized carbons (Fsp3) is 0.556. The maximum Gasteiger partial charge on any atom is 0.229 e. The molecule has 4 rings (SSSR count). The van der Waals surface area contributed by atoms with Crippen LogP contribution in [0.2, 0.25) is 19.6 Å². The van der Waals surface area contributed by atoms with Crippen molar-refractivity contribution in [3.8, 4) is 11.5 Å². The van der Waals surface area contributed by atoms with E-state index in [9.17, 15) is 9.59 Å². The van der Waals surface area contributed by atoms with Crippen LogP contribution in [0, 0.1) is 16.9 Å². The first kappa shape index (κ1) is 23.6. The van der Waals surface area contributed by atoms with Crippen LogP contribution in [0.3, 0.4) is 0 Å². The maximum absolute atomic E-state index is 13.4. The van der Waals surface area contributed by atoms with Gasteiger partial charge in [-0.15, -0.1) is 24.6 Å². The minimum atomic E-state index is -1.39. The van der Waals surface area contributed by atoms with Gasteiger partial charge in [0.05, 0.1) is 11.5 Å². The summed E-state index contributed by atoms with van der Waals surface area (Å²) in [5.41, 5.74) is 3.87. The van der Waals surface area contributed by atoms with Gasteiger partial charge in [0.1, 0.15) is 25.6 Å². The maximum atomic E-state index is 13.4. The van der Waals surface area contributed by atoms with Crippen LogP contribution in [0.5, 0.6) is 0 Å². The van der Waals surface area contributed by atoms with Gasteiger partial charge in [-0.25, -0.2) is 0 Å². The average molecular weight is 465 g/mol. The third kappa shape index (κ3) is 4.12. The SMILES string of the molecule is C=CCCCC(=O)N1[C@H](C=C)C[C@]23C(=O)NCC[C@H]2c2cc(CCC#C[Si](C)(C)C)oc2[C@H]13. The Morgan fingerprint density at radius 2 is 2.18 bits per heavy atom. The standard InChI is InChI=1S/C27H36N2O3Si/c1-6-8-9-13-23(30)29-19(7-2)18-27-22(14-15-28-26(27)31)21-17-20(32-24(21)25(27)29)12-10-11-16-33(3,4)5/h6-7,17,19,22,25H,1-2,8-10,12-15,18H2,3-5H3,(H,28,31)/t19-,22+,25+,27+/m1/s1. The van der Waals surface area contributed by atoms with E-state index in [-0.39, 0.29) is 29.8 Å². The van der Waals surface area contributed by atoms with Crippen LogP contribution in [-0.2, 0) is 16.0 Å². The summed E-state index contributed by atoms with van der Waals surface area (Å²) in [6, 6.07) is 1.61. The quantitative estimate of drug-likeness (QED) is 0.271. The third-order valence-electron chi connectivity index (χ3n) is 7.22. The molecule has 0 radical (unpaired) electrons. The highest BCUT2D eigenvalue weighted by atomic mass is 28.3. The minimum absolute atomic E-state index is 0.0472. The Balaban J connectivity index is 1.67. The number of aryl methyl sites for hydroxylation is 1. The highest BCUT2D eigenvalue weighted by Gasteiger charge is 2.68. The largest absolute Gasteiger partial charge is 0.463 e. The molecule has 33 heavy (non-hydrogen) atoms. The summed E-state index contributed by atoms with van der Waals surface area (Å²) in [7, 11) is -1.39. The van der Waals surface area contributed by atoms with Crippen molar-refractivity contribution in [2.45, 2.75) is 82.6 Å². The van der Waals surface area contributed by atoms with E-state index in [1.807, 2.05) is 17.1 Å². The van der Waals surface area contributed by atoms with Crippen molar-refractivity contribution in [1.82, 2.24) is 10.2 Å². The molecule has 3 heterocycles. The summed E-state index contributed by atoms with van der Waals surface area (Å²) in [5, 5.41) is 3.09. The van der Waals surface area contributed by atoms with E-state index in [2.05, 4.69) is 55.6 Å². The number of rotatable bonds is 7. The van der Waals surface area contributed by atoms with E-state index in [0.29, 0.717) is 19.4 Å². The van der Waals surface area contributed by atoms with Gasteiger partial charge in [-0.05, 0) is 31.7 Å². The minimum Gasteiger partial charge on any atom is -0.463 e. The molecule has 2 saturated heterocycles. The molecule has 6 heteroatoms. The molecule has 0 unspecified atom stereocenters. The third-order valence-corrected chi connectivity index (χ3v) is 8.14. The Kier molecular flexibility index (Phi) is 6.46. The second-order valence-corrected chi connectivity index (χ2v) is 15.4. The van der Waals surface area contributed by atoms with Crippen LogP contribution < -0.4 is 5.32 Å². The topological polar surface area (TPSA) is 62.6 Å². The molecule has 1 N–H and O–H groups in total. The predicted molar refractivity (Wildman–Crippen MR) is 133 cm³/mol. The number of furan rings is 1. The monoisotopic (exact) mass is 464 g/mol. The van der Waals surface area contributed by atoms with Gasteiger partial charge in [0, 0.05) is 37.3 Å². The summed E-state index contributed by atoms with van der Waals surface area (Å²) in [6.45, 7) is 15.2. The second kappa shape index (κ2) is 9.02. The lowest BCUT2D eigenvalue weighted by Gasteiger charge is -2.38. The van der Waals surface area contributed by atoms with E-state index < -0.39 is 13.5 Å². The molecule has 5 nitrogen and oxygen atoms in total. The highest BCUT2D eigenvalue weighted by molar-refractivity contribution is 6.83. The molecule has 0 saturated carbocycles. The van der Waals surface area contributed by atoms with Gasteiger partial charge in [-0.1, -0.05) is 31.8 Å². The normalized spacial score (nSPS) is 27.7. The van der Waals surface area contributed by atoms with E-state index in [1.165, 1.54) is 0 Å². The number of hydrogen-bond acceptors (Lipinski definition) is 3. The number of fused-ring (bicyclic) bond motifs is 3. The number of likely N-dealkylation sites (tertiary alicyclic amines) is 1. The smallest absolute Gasteiger partial charge is 0.229 e. The fourth-order valence-electron chi connectivity index (χ4n) is 5.90. The number of piperidine rings is 1. The van der Waals surface area contributed by atoms with Crippen molar-refractivity contribution in [2.24, 2.45) is 5.41 Å². The number of nitrogens with zero attached hydrogens (tertiary/aromatic N) is 1. The lowest BCUT2D eigenvalue weighted by Crippen LogP contribution is -2.50. The van der Waals surface area contributed by atoms with Gasteiger partial charge >= 0.3 is 0 Å². The molecule has 2 aliphatic heterocycles. The number of allylic oxidation sites excluding steroid dienone is 1. The van der Waals surface area contributed by atoms with Crippen LogP contribution in [0.15, 0.2) is 35.8 Å². The molecule has 2 amide bonds. The Morgan fingerprint density at radius 1 is 1.39 bits per heavy atom. The summed E-state index contributed by atoms with van der Waals surface area (Å²) >= 11 is 0. The first-order valence-electron chi connectivity index (χ1n) is 12.2. The number of amides is 2. The van der Waals surface area contributed by atoms with E-state index >= 15 is 0 Å². The summed E-state index contributed by atoms with van der Waals surface area (Å²) < 4.78 is 6.43. The van der Waals surface area contributed by atoms with Crippen molar-refractivity contribution < 1.29 is 14.0 Å². The molecule has 1 aromatic heterocycles. The van der Waals surface area contributed by atoms with Crippen LogP contribution in [0.25, 0.3) is 0 Å². The van der Waals surface area contributed by atoms with Crippen LogP contribution in [0.1, 0.15) is 67.6 Å². The molecule has 0 bridgehead atoms. The Bertz CT molecular complexity index is 1020. The van der Waals surface area contributed by atoms with Crippen molar-refractivity contribution in [3.63, 3.8) is 0 Å². The fourth-order valence-corrected chi connectivity index (χ4v) is 6.55. The Labute approximate surface area is 198 Å². The van der Waals surface area contributed by atoms with E-state index in [4.69, 9.17) is 4.42 Å². The molecule has 1 aliphatic carbocycles. The van der Waals surface area contributed by atoms with Gasteiger partial charge in [0.25, 0.3) is 0 Å². The lowest BCUT2D eigenvalue weighted by atomic mass is 9.68. The molecule has 3 aliphatic rings. The van der Waals surface area contributed by atoms with Gasteiger partial charge in [0.2, 0.25) is 11.8 Å². The molecule has 1 aromatic rings. The van der Waals surface area contributed by atoms with Gasteiger partial charge in [0.15, 0.2) is 0 Å². The van der Waals surface area contributed by atoms with Crippen LogP contribution in [-0.4, -0.2) is 37.4 Å². The molecule has 0 aromatic carbocycles. The number of carbonyl (C=O) groups excluding carboxylic acids is 2. The summed E-state index contributed by atoms with van der Waals surface area (Å²) in [5.74, 6) is 5.22.